The molecule has 0 radical (unpaired) electrons. The molecule has 26 heavy (non-hydrogen) atoms. The maximum Gasteiger partial charge on any atom is 0.171 e. The predicted molar refractivity (Wildman–Crippen MR) is 109 cm³/mol. The molecule has 3 unspecified atom stereocenters. The molecule has 1 aromatic rings. The van der Waals surface area contributed by atoms with Crippen molar-refractivity contribution in [3.63, 3.8) is 0 Å². The molecule has 0 fully saturated rings. The average Bonchev–Trinajstić information content (AvgIpc) is 2.32. The van der Waals surface area contributed by atoms with Crippen molar-refractivity contribution in [2.45, 2.75) is 88.9 Å². The Hall–Kier alpha value is -1.02. The normalized spacial score (nSPS) is 19.7. The second kappa shape index (κ2) is 8.33. The van der Waals surface area contributed by atoms with Crippen LogP contribution in [-0.2, 0) is 11.2 Å². The molecule has 0 aromatic heterocycles. The smallest absolute Gasteiger partial charge is 0.171 e. The van der Waals surface area contributed by atoms with Gasteiger partial charge in [-0.25, -0.2) is 0 Å². The zero-order valence-corrected chi connectivity index (χ0v) is 17.1. The van der Waals surface area contributed by atoms with Crippen LogP contribution in [0.1, 0.15) is 59.4 Å². The van der Waals surface area contributed by atoms with Crippen molar-refractivity contribution in [2.24, 2.45) is 28.7 Å². The third kappa shape index (κ3) is 9.07. The Morgan fingerprint density at radius 1 is 0.769 bits per heavy atom. The van der Waals surface area contributed by atoms with E-state index >= 15 is 0 Å². The first-order chi connectivity index (χ1) is 11.6. The number of hydrogen-bond acceptors (Lipinski definition) is 6. The van der Waals surface area contributed by atoms with E-state index in [4.69, 9.17) is 33.4 Å². The fraction of sp³-hybridized carbons (Fsp3) is 0.700. The van der Waals surface area contributed by atoms with Gasteiger partial charge < -0.3 is 21.9 Å². The van der Waals surface area contributed by atoms with Crippen LogP contribution in [0.15, 0.2) is 30.3 Å². The van der Waals surface area contributed by atoms with Crippen LogP contribution < -0.4 is 28.7 Å². The van der Waals surface area contributed by atoms with E-state index < -0.39 is 22.5 Å². The number of benzene rings is 1. The fourth-order valence-corrected chi connectivity index (χ4v) is 4.21. The van der Waals surface area contributed by atoms with Gasteiger partial charge in [-0.05, 0) is 59.4 Å². The van der Waals surface area contributed by atoms with Gasteiger partial charge in [-0.3, -0.25) is 11.5 Å². The largest absolute Gasteiger partial charge is 0.345 e. The Kier molecular flexibility index (Phi) is 7.38. The van der Waals surface area contributed by atoms with Crippen LogP contribution in [0.4, 0.5) is 0 Å². The molecule has 0 saturated heterocycles. The molecular weight excluding hydrogens is 326 g/mol. The number of hydrogen-bond donors (Lipinski definition) is 5. The molecule has 3 atom stereocenters. The van der Waals surface area contributed by atoms with Crippen LogP contribution >= 0.6 is 0 Å². The predicted octanol–water partition coefficient (Wildman–Crippen LogP) is 1.55. The molecule has 1 rings (SSSR count). The molecule has 0 aliphatic rings. The monoisotopic (exact) mass is 365 g/mol. The van der Waals surface area contributed by atoms with Crippen LogP contribution in [0.5, 0.6) is 0 Å². The van der Waals surface area contributed by atoms with Crippen molar-refractivity contribution in [2.75, 3.05) is 0 Å². The zero-order chi connectivity index (χ0) is 20.2. The highest BCUT2D eigenvalue weighted by atomic mass is 16.5. The molecule has 10 N–H and O–H groups in total. The van der Waals surface area contributed by atoms with E-state index in [0.717, 1.165) is 6.42 Å². The SMILES string of the molecule is CC(C)OC(N)(N)CC(C)(N)CC(C)(N)CC(C)(N)Cc1ccccc1. The number of ether oxygens (including phenoxy) is 1. The van der Waals surface area contributed by atoms with Crippen molar-refractivity contribution in [1.29, 1.82) is 0 Å². The summed E-state index contributed by atoms with van der Waals surface area (Å²) in [5.41, 5.74) is 31.2. The second-order valence-electron chi connectivity index (χ2n) is 9.28. The Balaban J connectivity index is 2.73. The summed E-state index contributed by atoms with van der Waals surface area (Å²) in [6.45, 7) is 9.68. The molecule has 0 heterocycles. The molecule has 150 valence electrons. The summed E-state index contributed by atoms with van der Waals surface area (Å²) in [6.07, 6.45) is 2.11. The molecule has 0 spiro atoms. The topological polar surface area (TPSA) is 139 Å². The highest BCUT2D eigenvalue weighted by Gasteiger charge is 2.39. The standard InChI is InChI=1S/C20H39N5O/c1-15(2)26-20(24,25)14-19(5,23)13-18(4,22)12-17(3,21)11-16-9-7-6-8-10-16/h6-10,15H,11-14,21-25H2,1-5H3. The first-order valence-electron chi connectivity index (χ1n) is 9.28. The van der Waals surface area contributed by atoms with E-state index in [1.165, 1.54) is 5.56 Å². The first kappa shape index (κ1) is 23.0. The highest BCUT2D eigenvalue weighted by Crippen LogP contribution is 2.29. The lowest BCUT2D eigenvalue weighted by atomic mass is 9.74. The van der Waals surface area contributed by atoms with E-state index in [9.17, 15) is 0 Å². The number of nitrogens with two attached hydrogens (primary N) is 5. The van der Waals surface area contributed by atoms with E-state index in [2.05, 4.69) is 12.1 Å². The molecule has 0 amide bonds. The van der Waals surface area contributed by atoms with Crippen LogP contribution in [-0.4, -0.2) is 28.6 Å². The minimum absolute atomic E-state index is 0.0803. The van der Waals surface area contributed by atoms with Crippen molar-refractivity contribution in [1.82, 2.24) is 0 Å². The quantitative estimate of drug-likeness (QED) is 0.399. The van der Waals surface area contributed by atoms with Gasteiger partial charge in [0.05, 0.1) is 6.10 Å². The van der Waals surface area contributed by atoms with Gasteiger partial charge in [0.2, 0.25) is 0 Å². The van der Waals surface area contributed by atoms with E-state index in [0.29, 0.717) is 19.3 Å². The molecule has 1 aromatic carbocycles. The molecular formula is C20H39N5O. The Labute approximate surface area is 158 Å². The van der Waals surface area contributed by atoms with Crippen molar-refractivity contribution < 1.29 is 4.74 Å². The highest BCUT2D eigenvalue weighted by molar-refractivity contribution is 5.18. The van der Waals surface area contributed by atoms with Gasteiger partial charge in [0, 0.05) is 23.0 Å². The zero-order valence-electron chi connectivity index (χ0n) is 17.1. The summed E-state index contributed by atoms with van der Waals surface area (Å²) >= 11 is 0. The molecule has 0 saturated carbocycles. The molecule has 6 heteroatoms. The summed E-state index contributed by atoms with van der Waals surface area (Å²) in [6, 6.07) is 10.2. The summed E-state index contributed by atoms with van der Waals surface area (Å²) in [5.74, 6) is -1.29. The Bertz CT molecular complexity index is 553. The lowest BCUT2D eigenvalue weighted by Crippen LogP contribution is -2.62. The summed E-state index contributed by atoms with van der Waals surface area (Å²) in [4.78, 5) is 0. The van der Waals surface area contributed by atoms with Crippen LogP contribution in [0.2, 0.25) is 0 Å². The van der Waals surface area contributed by atoms with Gasteiger partial charge in [0.15, 0.2) is 5.85 Å². The summed E-state index contributed by atoms with van der Waals surface area (Å²) in [5, 5.41) is 0. The van der Waals surface area contributed by atoms with Gasteiger partial charge in [-0.2, -0.15) is 0 Å². The molecule has 0 aliphatic carbocycles. The minimum Gasteiger partial charge on any atom is -0.345 e. The Morgan fingerprint density at radius 3 is 1.73 bits per heavy atom. The number of rotatable bonds is 10. The van der Waals surface area contributed by atoms with Gasteiger partial charge in [-0.15, -0.1) is 0 Å². The lowest BCUT2D eigenvalue weighted by Gasteiger charge is -2.42. The van der Waals surface area contributed by atoms with Crippen molar-refractivity contribution in [3.05, 3.63) is 35.9 Å². The van der Waals surface area contributed by atoms with E-state index in [-0.39, 0.29) is 6.10 Å². The summed E-state index contributed by atoms with van der Waals surface area (Å²) in [7, 11) is 0. The maximum atomic E-state index is 6.58. The fourth-order valence-electron chi connectivity index (χ4n) is 4.21. The molecule has 0 aliphatic heterocycles. The second-order valence-corrected chi connectivity index (χ2v) is 9.28. The average molecular weight is 366 g/mol. The summed E-state index contributed by atoms with van der Waals surface area (Å²) < 4.78 is 5.58. The molecule has 6 nitrogen and oxygen atoms in total. The third-order valence-electron chi connectivity index (χ3n) is 4.20. The maximum absolute atomic E-state index is 6.58. The van der Waals surface area contributed by atoms with Crippen LogP contribution in [0.25, 0.3) is 0 Å². The third-order valence-corrected chi connectivity index (χ3v) is 4.20. The van der Waals surface area contributed by atoms with Gasteiger partial charge in [-0.1, -0.05) is 30.3 Å². The Morgan fingerprint density at radius 2 is 1.23 bits per heavy atom. The molecule has 0 bridgehead atoms. The van der Waals surface area contributed by atoms with Gasteiger partial charge in [0.1, 0.15) is 0 Å². The van der Waals surface area contributed by atoms with E-state index in [1.54, 1.807) is 0 Å². The van der Waals surface area contributed by atoms with Crippen molar-refractivity contribution in [3.8, 4) is 0 Å². The minimum atomic E-state index is -1.29. The van der Waals surface area contributed by atoms with Crippen molar-refractivity contribution >= 4 is 0 Å². The van der Waals surface area contributed by atoms with Crippen LogP contribution in [0, 0.1) is 0 Å². The van der Waals surface area contributed by atoms with Gasteiger partial charge >= 0.3 is 0 Å². The first-order valence-corrected chi connectivity index (χ1v) is 9.28. The lowest BCUT2D eigenvalue weighted by molar-refractivity contribution is -0.0893. The van der Waals surface area contributed by atoms with Gasteiger partial charge in [0.25, 0.3) is 0 Å². The van der Waals surface area contributed by atoms with E-state index in [1.807, 2.05) is 52.8 Å². The van der Waals surface area contributed by atoms with Crippen LogP contribution in [0.3, 0.4) is 0 Å².